The number of benzene rings is 2. The number of nitrogens with one attached hydrogen (secondary N) is 1. The summed E-state index contributed by atoms with van der Waals surface area (Å²) in [5.74, 6) is 1.47. The Bertz CT molecular complexity index is 1020. The molecule has 1 N–H and O–H groups in total. The molecule has 0 bridgehead atoms. The van der Waals surface area contributed by atoms with Gasteiger partial charge in [0.1, 0.15) is 23.8 Å². The molecule has 4 rings (SSSR count). The zero-order chi connectivity index (χ0) is 20.9. The Hall–Kier alpha value is -3.48. The average Bonchev–Trinajstić information content (AvgIpc) is 3.09. The Kier molecular flexibility index (Phi) is 5.88. The predicted octanol–water partition coefficient (Wildman–Crippen LogP) is 3.99. The minimum atomic E-state index is -0.147. The lowest BCUT2D eigenvalue weighted by Gasteiger charge is -2.28. The molecule has 0 aliphatic carbocycles. The van der Waals surface area contributed by atoms with Gasteiger partial charge in [0.05, 0.1) is 18.8 Å². The first kappa shape index (κ1) is 19.8. The van der Waals surface area contributed by atoms with Gasteiger partial charge >= 0.3 is 6.03 Å². The van der Waals surface area contributed by atoms with Crippen molar-refractivity contribution in [2.45, 2.75) is 26.5 Å². The maximum Gasteiger partial charge on any atom is 0.322 e. The topological polar surface area (TPSA) is 68.6 Å². The van der Waals surface area contributed by atoms with Crippen LogP contribution in [0.1, 0.15) is 23.9 Å². The van der Waals surface area contributed by atoms with E-state index in [2.05, 4.69) is 10.4 Å². The highest BCUT2D eigenvalue weighted by atomic mass is 16.5. The number of rotatable bonds is 6. The first-order valence-corrected chi connectivity index (χ1v) is 10.1. The second-order valence-electron chi connectivity index (χ2n) is 7.13. The predicted molar refractivity (Wildman–Crippen MR) is 115 cm³/mol. The molecule has 2 amide bonds. The second kappa shape index (κ2) is 8.90. The highest BCUT2D eigenvalue weighted by Crippen LogP contribution is 2.27. The van der Waals surface area contributed by atoms with Gasteiger partial charge in [0.2, 0.25) is 0 Å². The molecule has 1 aliphatic heterocycles. The van der Waals surface area contributed by atoms with E-state index in [1.807, 2.05) is 73.3 Å². The lowest BCUT2D eigenvalue weighted by atomic mass is 10.1. The standard InChI is InChI=1S/C23H26N4O3/c1-3-29-22-12-8-7-11-19(22)24-23(28)27-14-13-21-18(15-27)20(25-26(21)2)16-30-17-9-5-4-6-10-17/h4-12H,3,13-16H2,1-2H3,(H,24,28). The largest absolute Gasteiger partial charge is 0.492 e. The van der Waals surface area contributed by atoms with Crippen LogP contribution >= 0.6 is 0 Å². The number of carbonyl (C=O) groups is 1. The zero-order valence-corrected chi connectivity index (χ0v) is 17.3. The van der Waals surface area contributed by atoms with Crippen molar-refractivity contribution in [1.82, 2.24) is 14.7 Å². The lowest BCUT2D eigenvalue weighted by Crippen LogP contribution is -2.39. The van der Waals surface area contributed by atoms with Gasteiger partial charge in [-0.25, -0.2) is 4.79 Å². The minimum Gasteiger partial charge on any atom is -0.492 e. The zero-order valence-electron chi connectivity index (χ0n) is 17.3. The summed E-state index contributed by atoms with van der Waals surface area (Å²) < 4.78 is 13.4. The summed E-state index contributed by atoms with van der Waals surface area (Å²) in [7, 11) is 1.94. The molecule has 0 radical (unpaired) electrons. The van der Waals surface area contributed by atoms with E-state index in [9.17, 15) is 4.79 Å². The van der Waals surface area contributed by atoms with Crippen LogP contribution in [0.4, 0.5) is 10.5 Å². The Labute approximate surface area is 176 Å². The van der Waals surface area contributed by atoms with E-state index in [0.29, 0.717) is 37.7 Å². The number of aryl methyl sites for hydroxylation is 1. The molecule has 2 aromatic carbocycles. The van der Waals surface area contributed by atoms with Crippen molar-refractivity contribution in [2.75, 3.05) is 18.5 Å². The normalized spacial score (nSPS) is 12.9. The van der Waals surface area contributed by atoms with Crippen LogP contribution in [0.5, 0.6) is 11.5 Å². The monoisotopic (exact) mass is 406 g/mol. The number of nitrogens with zero attached hydrogens (tertiary/aromatic N) is 3. The van der Waals surface area contributed by atoms with Crippen LogP contribution < -0.4 is 14.8 Å². The number of hydrogen-bond acceptors (Lipinski definition) is 4. The summed E-state index contributed by atoms with van der Waals surface area (Å²) in [6, 6.07) is 17.0. The first-order valence-electron chi connectivity index (χ1n) is 10.1. The summed E-state index contributed by atoms with van der Waals surface area (Å²) in [6.45, 7) is 3.97. The van der Waals surface area contributed by atoms with Crippen LogP contribution in [-0.2, 0) is 26.6 Å². The van der Waals surface area contributed by atoms with Crippen molar-refractivity contribution in [2.24, 2.45) is 7.05 Å². The van der Waals surface area contributed by atoms with Crippen molar-refractivity contribution in [3.63, 3.8) is 0 Å². The Morgan fingerprint density at radius 2 is 1.87 bits per heavy atom. The van der Waals surface area contributed by atoms with Crippen molar-refractivity contribution in [3.05, 3.63) is 71.5 Å². The quantitative estimate of drug-likeness (QED) is 0.672. The Balaban J connectivity index is 1.47. The molecule has 1 aromatic heterocycles. The van der Waals surface area contributed by atoms with E-state index in [4.69, 9.17) is 9.47 Å². The minimum absolute atomic E-state index is 0.147. The van der Waals surface area contributed by atoms with E-state index >= 15 is 0 Å². The summed E-state index contributed by atoms with van der Waals surface area (Å²) >= 11 is 0. The number of fused-ring (bicyclic) bond motifs is 1. The van der Waals surface area contributed by atoms with Crippen molar-refractivity contribution in [1.29, 1.82) is 0 Å². The molecular weight excluding hydrogens is 380 g/mol. The molecule has 0 fully saturated rings. The molecule has 156 valence electrons. The molecule has 30 heavy (non-hydrogen) atoms. The Morgan fingerprint density at radius 3 is 2.67 bits per heavy atom. The smallest absolute Gasteiger partial charge is 0.322 e. The lowest BCUT2D eigenvalue weighted by molar-refractivity contribution is 0.205. The molecule has 7 heteroatoms. The molecule has 7 nitrogen and oxygen atoms in total. The number of ether oxygens (including phenoxy) is 2. The maximum absolute atomic E-state index is 12.9. The van der Waals surface area contributed by atoms with Crippen LogP contribution in [0.15, 0.2) is 54.6 Å². The fourth-order valence-electron chi connectivity index (χ4n) is 3.67. The van der Waals surface area contributed by atoms with Crippen molar-refractivity contribution >= 4 is 11.7 Å². The third-order valence-corrected chi connectivity index (χ3v) is 5.16. The summed E-state index contributed by atoms with van der Waals surface area (Å²) in [5, 5.41) is 7.62. The number of hydrogen-bond donors (Lipinski definition) is 1. The van der Waals surface area contributed by atoms with Gasteiger partial charge in [0.25, 0.3) is 0 Å². The van der Waals surface area contributed by atoms with Gasteiger partial charge in [0, 0.05) is 31.3 Å². The molecule has 3 aromatic rings. The van der Waals surface area contributed by atoms with Crippen LogP contribution in [0.3, 0.4) is 0 Å². The van der Waals surface area contributed by atoms with E-state index in [-0.39, 0.29) is 6.03 Å². The van der Waals surface area contributed by atoms with Gasteiger partial charge in [-0.3, -0.25) is 4.68 Å². The van der Waals surface area contributed by atoms with E-state index < -0.39 is 0 Å². The molecule has 0 unspecified atom stereocenters. The average molecular weight is 406 g/mol. The van der Waals surface area contributed by atoms with Gasteiger partial charge in [-0.2, -0.15) is 5.10 Å². The van der Waals surface area contributed by atoms with Gasteiger partial charge < -0.3 is 19.7 Å². The fourth-order valence-corrected chi connectivity index (χ4v) is 3.67. The number of amides is 2. The second-order valence-corrected chi connectivity index (χ2v) is 7.13. The first-order chi connectivity index (χ1) is 14.7. The van der Waals surface area contributed by atoms with Crippen molar-refractivity contribution in [3.8, 4) is 11.5 Å². The van der Waals surface area contributed by atoms with Gasteiger partial charge in [-0.15, -0.1) is 0 Å². The van der Waals surface area contributed by atoms with Crippen LogP contribution in [0.2, 0.25) is 0 Å². The molecule has 2 heterocycles. The van der Waals surface area contributed by atoms with Crippen LogP contribution in [0, 0.1) is 0 Å². The summed E-state index contributed by atoms with van der Waals surface area (Å²) in [4.78, 5) is 14.7. The van der Waals surface area contributed by atoms with Crippen LogP contribution in [0.25, 0.3) is 0 Å². The fraction of sp³-hybridized carbons (Fsp3) is 0.304. The summed E-state index contributed by atoms with van der Waals surface area (Å²) in [5.41, 5.74) is 3.76. The number of aromatic nitrogens is 2. The summed E-state index contributed by atoms with van der Waals surface area (Å²) in [6.07, 6.45) is 0.755. The number of carbonyl (C=O) groups excluding carboxylic acids is 1. The van der Waals surface area contributed by atoms with E-state index in [1.54, 1.807) is 4.90 Å². The molecule has 0 saturated carbocycles. The highest BCUT2D eigenvalue weighted by molar-refractivity contribution is 5.91. The molecular formula is C23H26N4O3. The van der Waals surface area contributed by atoms with Gasteiger partial charge in [-0.1, -0.05) is 30.3 Å². The number of anilines is 1. The molecule has 0 atom stereocenters. The third kappa shape index (κ3) is 4.25. The SMILES string of the molecule is CCOc1ccccc1NC(=O)N1CCc2c(c(COc3ccccc3)nn2C)C1. The van der Waals surface area contributed by atoms with Crippen molar-refractivity contribution < 1.29 is 14.3 Å². The number of para-hydroxylation sites is 3. The van der Waals surface area contributed by atoms with E-state index in [0.717, 1.165) is 29.1 Å². The number of urea groups is 1. The highest BCUT2D eigenvalue weighted by Gasteiger charge is 2.27. The molecule has 1 aliphatic rings. The van der Waals surface area contributed by atoms with E-state index in [1.165, 1.54) is 0 Å². The molecule has 0 saturated heterocycles. The molecule has 0 spiro atoms. The van der Waals surface area contributed by atoms with Gasteiger partial charge in [0.15, 0.2) is 0 Å². The third-order valence-electron chi connectivity index (χ3n) is 5.16. The Morgan fingerprint density at radius 1 is 1.10 bits per heavy atom. The van der Waals surface area contributed by atoms with Crippen LogP contribution in [-0.4, -0.2) is 33.9 Å². The maximum atomic E-state index is 12.9. The van der Waals surface area contributed by atoms with Gasteiger partial charge in [-0.05, 0) is 31.2 Å².